The van der Waals surface area contributed by atoms with E-state index in [-0.39, 0.29) is 6.04 Å². The quantitative estimate of drug-likeness (QED) is 0.904. The lowest BCUT2D eigenvalue weighted by Gasteiger charge is -2.26. The number of benzene rings is 1. The van der Waals surface area contributed by atoms with Gasteiger partial charge in [0.25, 0.3) is 0 Å². The molecule has 1 aromatic heterocycles. The summed E-state index contributed by atoms with van der Waals surface area (Å²) in [5, 5.41) is 5.96. The zero-order chi connectivity index (χ0) is 11.7. The van der Waals surface area contributed by atoms with Crippen molar-refractivity contribution in [2.45, 2.75) is 31.2 Å². The maximum absolute atomic E-state index is 6.19. The van der Waals surface area contributed by atoms with Crippen LogP contribution in [0.25, 0.3) is 0 Å². The molecule has 0 aliphatic heterocycles. The van der Waals surface area contributed by atoms with Gasteiger partial charge in [-0.15, -0.1) is 5.10 Å². The highest BCUT2D eigenvalue weighted by Gasteiger charge is 2.20. The SMILES string of the molecule is NC(c1cccc(C2CCC2)c1)c1csnn1. The van der Waals surface area contributed by atoms with Crippen LogP contribution in [0.15, 0.2) is 29.6 Å². The molecule has 0 spiro atoms. The Morgan fingerprint density at radius 3 is 2.88 bits per heavy atom. The van der Waals surface area contributed by atoms with Crippen LogP contribution in [0.2, 0.25) is 0 Å². The summed E-state index contributed by atoms with van der Waals surface area (Å²) in [6.45, 7) is 0. The summed E-state index contributed by atoms with van der Waals surface area (Å²) < 4.78 is 3.87. The Morgan fingerprint density at radius 2 is 2.24 bits per heavy atom. The third kappa shape index (κ3) is 2.10. The molecule has 3 nitrogen and oxygen atoms in total. The fraction of sp³-hybridized carbons (Fsp3) is 0.385. The highest BCUT2D eigenvalue weighted by Crippen LogP contribution is 2.37. The van der Waals surface area contributed by atoms with Crippen molar-refractivity contribution in [1.82, 2.24) is 9.59 Å². The second-order valence-electron chi connectivity index (χ2n) is 4.61. The van der Waals surface area contributed by atoms with E-state index in [9.17, 15) is 0 Å². The highest BCUT2D eigenvalue weighted by atomic mass is 32.1. The molecular weight excluding hydrogens is 230 g/mol. The van der Waals surface area contributed by atoms with Gasteiger partial charge in [-0.25, -0.2) is 0 Å². The third-order valence-electron chi connectivity index (χ3n) is 3.54. The first kappa shape index (κ1) is 10.9. The Balaban J connectivity index is 1.87. The maximum Gasteiger partial charge on any atom is 0.0967 e. The predicted octanol–water partition coefficient (Wildman–Crippen LogP) is 2.85. The van der Waals surface area contributed by atoms with E-state index in [2.05, 4.69) is 33.9 Å². The number of rotatable bonds is 3. The van der Waals surface area contributed by atoms with Gasteiger partial charge < -0.3 is 5.73 Å². The number of aromatic nitrogens is 2. The van der Waals surface area contributed by atoms with Gasteiger partial charge in [0.15, 0.2) is 0 Å². The maximum atomic E-state index is 6.19. The first-order valence-corrected chi connectivity index (χ1v) is 6.80. The average Bonchev–Trinajstić information content (AvgIpc) is 2.79. The fourth-order valence-corrected chi connectivity index (χ4v) is 2.72. The van der Waals surface area contributed by atoms with E-state index in [1.807, 2.05) is 5.38 Å². The standard InChI is InChI=1S/C13H15N3S/c14-13(12-8-17-16-15-12)11-6-2-5-10(7-11)9-3-1-4-9/h2,5-9,13H,1,3-4,14H2. The number of hydrogen-bond donors (Lipinski definition) is 1. The molecule has 3 rings (SSSR count). The molecular formula is C13H15N3S. The molecule has 1 atom stereocenters. The van der Waals surface area contributed by atoms with Gasteiger partial charge in [-0.2, -0.15) is 0 Å². The fourth-order valence-electron chi connectivity index (χ4n) is 2.23. The van der Waals surface area contributed by atoms with Gasteiger partial charge in [0, 0.05) is 5.38 Å². The van der Waals surface area contributed by atoms with Crippen LogP contribution in [-0.2, 0) is 0 Å². The second kappa shape index (κ2) is 4.55. The lowest BCUT2D eigenvalue weighted by atomic mass is 9.79. The summed E-state index contributed by atoms with van der Waals surface area (Å²) in [7, 11) is 0. The van der Waals surface area contributed by atoms with E-state index >= 15 is 0 Å². The van der Waals surface area contributed by atoms with Crippen molar-refractivity contribution < 1.29 is 0 Å². The van der Waals surface area contributed by atoms with Crippen molar-refractivity contribution >= 4 is 11.5 Å². The van der Waals surface area contributed by atoms with E-state index in [0.717, 1.165) is 17.2 Å². The number of nitrogens with zero attached hydrogens (tertiary/aromatic N) is 2. The summed E-state index contributed by atoms with van der Waals surface area (Å²) in [4.78, 5) is 0. The van der Waals surface area contributed by atoms with Crippen LogP contribution in [0.3, 0.4) is 0 Å². The molecule has 2 N–H and O–H groups in total. The minimum Gasteiger partial charge on any atom is -0.319 e. The molecule has 4 heteroatoms. The summed E-state index contributed by atoms with van der Waals surface area (Å²) in [6, 6.07) is 8.47. The van der Waals surface area contributed by atoms with Crippen LogP contribution in [-0.4, -0.2) is 9.59 Å². The Labute approximate surface area is 105 Å². The minimum atomic E-state index is -0.145. The van der Waals surface area contributed by atoms with Gasteiger partial charge in [-0.1, -0.05) is 35.2 Å². The summed E-state index contributed by atoms with van der Waals surface area (Å²) in [6.07, 6.45) is 3.99. The zero-order valence-corrected chi connectivity index (χ0v) is 10.4. The molecule has 0 radical (unpaired) electrons. The average molecular weight is 245 g/mol. The van der Waals surface area contributed by atoms with Crippen molar-refractivity contribution in [3.63, 3.8) is 0 Å². The summed E-state index contributed by atoms with van der Waals surface area (Å²) in [5.74, 6) is 0.746. The summed E-state index contributed by atoms with van der Waals surface area (Å²) >= 11 is 1.35. The molecule has 1 aliphatic carbocycles. The molecule has 0 saturated heterocycles. The van der Waals surface area contributed by atoms with Gasteiger partial charge in [0.05, 0.1) is 11.7 Å². The molecule has 1 aliphatic rings. The van der Waals surface area contributed by atoms with Crippen molar-refractivity contribution in [3.05, 3.63) is 46.5 Å². The van der Waals surface area contributed by atoms with Gasteiger partial charge in [0.2, 0.25) is 0 Å². The topological polar surface area (TPSA) is 51.8 Å². The molecule has 17 heavy (non-hydrogen) atoms. The van der Waals surface area contributed by atoms with Gasteiger partial charge in [0.1, 0.15) is 0 Å². The number of nitrogens with two attached hydrogens (primary N) is 1. The van der Waals surface area contributed by atoms with Crippen molar-refractivity contribution in [2.24, 2.45) is 5.73 Å². The summed E-state index contributed by atoms with van der Waals surface area (Å²) in [5.41, 5.74) is 9.62. The molecule has 88 valence electrons. The first-order chi connectivity index (χ1) is 8.34. The van der Waals surface area contributed by atoms with E-state index in [1.54, 1.807) is 0 Å². The lowest BCUT2D eigenvalue weighted by molar-refractivity contribution is 0.419. The van der Waals surface area contributed by atoms with E-state index in [4.69, 9.17) is 5.73 Å². The first-order valence-electron chi connectivity index (χ1n) is 5.97. The normalized spacial score (nSPS) is 17.7. The Hall–Kier alpha value is -1.26. The second-order valence-corrected chi connectivity index (χ2v) is 5.22. The van der Waals surface area contributed by atoms with Crippen LogP contribution < -0.4 is 5.73 Å². The zero-order valence-electron chi connectivity index (χ0n) is 9.54. The molecule has 0 amide bonds. The Morgan fingerprint density at radius 1 is 1.35 bits per heavy atom. The van der Waals surface area contributed by atoms with E-state index in [1.165, 1.54) is 36.4 Å². The van der Waals surface area contributed by atoms with Gasteiger partial charge in [-0.05, 0) is 41.4 Å². The van der Waals surface area contributed by atoms with Crippen molar-refractivity contribution in [3.8, 4) is 0 Å². The molecule has 1 saturated carbocycles. The largest absolute Gasteiger partial charge is 0.319 e. The van der Waals surface area contributed by atoms with Crippen LogP contribution in [0.5, 0.6) is 0 Å². The van der Waals surface area contributed by atoms with E-state index in [0.29, 0.717) is 0 Å². The monoisotopic (exact) mass is 245 g/mol. The molecule has 0 bridgehead atoms. The predicted molar refractivity (Wildman–Crippen MR) is 69.0 cm³/mol. The van der Waals surface area contributed by atoms with Crippen molar-refractivity contribution in [2.75, 3.05) is 0 Å². The molecule has 1 aromatic carbocycles. The molecule has 2 aromatic rings. The highest BCUT2D eigenvalue weighted by molar-refractivity contribution is 7.03. The molecule has 1 unspecified atom stereocenters. The van der Waals surface area contributed by atoms with Gasteiger partial charge >= 0.3 is 0 Å². The molecule has 1 fully saturated rings. The van der Waals surface area contributed by atoms with Crippen LogP contribution >= 0.6 is 11.5 Å². The smallest absolute Gasteiger partial charge is 0.0967 e. The van der Waals surface area contributed by atoms with Gasteiger partial charge in [-0.3, -0.25) is 0 Å². The van der Waals surface area contributed by atoms with Crippen LogP contribution in [0, 0.1) is 0 Å². The molecule has 1 heterocycles. The minimum absolute atomic E-state index is 0.145. The van der Waals surface area contributed by atoms with Crippen LogP contribution in [0.1, 0.15) is 48.0 Å². The van der Waals surface area contributed by atoms with E-state index < -0.39 is 0 Å². The van der Waals surface area contributed by atoms with Crippen LogP contribution in [0.4, 0.5) is 0 Å². The third-order valence-corrected chi connectivity index (χ3v) is 4.06. The Bertz CT molecular complexity index is 491. The lowest BCUT2D eigenvalue weighted by Crippen LogP contribution is -2.14. The van der Waals surface area contributed by atoms with Crippen molar-refractivity contribution in [1.29, 1.82) is 0 Å². The number of hydrogen-bond acceptors (Lipinski definition) is 4. The Kier molecular flexibility index (Phi) is 2.91.